The van der Waals surface area contributed by atoms with Crippen LogP contribution in [0.5, 0.6) is 17.2 Å². The molecule has 0 amide bonds. The van der Waals surface area contributed by atoms with Crippen LogP contribution in [-0.4, -0.2) is 27.6 Å². The number of phenols is 2. The molecule has 4 rings (SSSR count). The molecule has 1 heterocycles. The number of fused-ring (bicyclic) bond motifs is 1. The first-order valence-electron chi connectivity index (χ1n) is 11.4. The van der Waals surface area contributed by atoms with Gasteiger partial charge >= 0.3 is 0 Å². The fraction of sp³-hybridized carbons (Fsp3) is 0.577. The molecule has 2 N–H and O–H groups in total. The quantitative estimate of drug-likeness (QED) is 0.501. The fourth-order valence-corrected chi connectivity index (χ4v) is 5.51. The molecule has 6 nitrogen and oxygen atoms in total. The lowest BCUT2D eigenvalue weighted by atomic mass is 9.57. The molecule has 1 aromatic rings. The highest BCUT2D eigenvalue weighted by molar-refractivity contribution is 6.20. The Hall–Kier alpha value is -2.63. The molecular weight excluding hydrogens is 408 g/mol. The predicted octanol–water partition coefficient (Wildman–Crippen LogP) is 5.06. The summed E-state index contributed by atoms with van der Waals surface area (Å²) >= 11 is 0. The van der Waals surface area contributed by atoms with Crippen molar-refractivity contribution in [3.05, 3.63) is 28.5 Å². The lowest BCUT2D eigenvalue weighted by Crippen LogP contribution is -2.52. The minimum atomic E-state index is -1.21. The molecule has 1 atom stereocenters. The summed E-state index contributed by atoms with van der Waals surface area (Å²) in [6.45, 7) is 10.6. The smallest absolute Gasteiger partial charge is 0.175 e. The molecule has 2 aliphatic carbocycles. The molecule has 1 fully saturated rings. The van der Waals surface area contributed by atoms with Gasteiger partial charge in [0.1, 0.15) is 28.6 Å². The standard InChI is InChI=1S/C26H32O6/c1-12(2)10-14(27)18-15(28)11-16-19(21(18)29)17(13-8-7-9-13)20-22(30)25(3,4)24(31)26(5,6)23(20)32-16/h11-13,17,28-29H,7-10H2,1-6H3. The number of benzene rings is 1. The zero-order valence-corrected chi connectivity index (χ0v) is 19.7. The van der Waals surface area contributed by atoms with Crippen LogP contribution in [0.4, 0.5) is 0 Å². The molecule has 0 bridgehead atoms. The van der Waals surface area contributed by atoms with Crippen LogP contribution in [0.1, 0.15) is 89.1 Å². The molecule has 1 aliphatic heterocycles. The number of aromatic hydroxyl groups is 2. The van der Waals surface area contributed by atoms with E-state index in [1.807, 2.05) is 13.8 Å². The van der Waals surface area contributed by atoms with Crippen LogP contribution >= 0.6 is 0 Å². The Labute approximate surface area is 188 Å². The molecule has 1 unspecified atom stereocenters. The van der Waals surface area contributed by atoms with Gasteiger partial charge in [-0.05, 0) is 52.4 Å². The summed E-state index contributed by atoms with van der Waals surface area (Å²) in [5, 5.41) is 21.9. The number of phenolic OH excluding ortho intramolecular Hbond substituents is 2. The number of allylic oxidation sites excluding steroid dienone is 2. The average molecular weight is 441 g/mol. The number of Topliss-reactive ketones (excluding diaryl/α,β-unsaturated/α-hetero) is 3. The highest BCUT2D eigenvalue weighted by Crippen LogP contribution is 2.60. The van der Waals surface area contributed by atoms with E-state index < -0.39 is 16.7 Å². The molecule has 6 heteroatoms. The van der Waals surface area contributed by atoms with Crippen LogP contribution in [0, 0.1) is 22.7 Å². The van der Waals surface area contributed by atoms with E-state index in [0.29, 0.717) is 16.9 Å². The zero-order valence-electron chi connectivity index (χ0n) is 19.7. The summed E-state index contributed by atoms with van der Waals surface area (Å²) in [7, 11) is 0. The van der Waals surface area contributed by atoms with Gasteiger partial charge in [-0.25, -0.2) is 0 Å². The van der Waals surface area contributed by atoms with Crippen LogP contribution < -0.4 is 4.74 Å². The Morgan fingerprint density at radius 2 is 1.75 bits per heavy atom. The molecule has 0 aromatic heterocycles. The van der Waals surface area contributed by atoms with Crippen molar-refractivity contribution in [2.75, 3.05) is 0 Å². The van der Waals surface area contributed by atoms with Crippen LogP contribution in [0.3, 0.4) is 0 Å². The topological polar surface area (TPSA) is 101 Å². The van der Waals surface area contributed by atoms with E-state index >= 15 is 0 Å². The number of carbonyl (C=O) groups excluding carboxylic acids is 3. The normalized spacial score (nSPS) is 24.0. The molecule has 32 heavy (non-hydrogen) atoms. The Morgan fingerprint density at radius 1 is 1.12 bits per heavy atom. The van der Waals surface area contributed by atoms with Crippen molar-refractivity contribution in [1.29, 1.82) is 0 Å². The molecule has 0 spiro atoms. The summed E-state index contributed by atoms with van der Waals surface area (Å²) in [4.78, 5) is 39.7. The van der Waals surface area contributed by atoms with Crippen LogP contribution in [0.25, 0.3) is 0 Å². The highest BCUT2D eigenvalue weighted by Gasteiger charge is 2.58. The third-order valence-corrected chi connectivity index (χ3v) is 7.37. The van der Waals surface area contributed by atoms with Gasteiger partial charge in [-0.3, -0.25) is 14.4 Å². The van der Waals surface area contributed by atoms with E-state index in [1.54, 1.807) is 27.7 Å². The van der Waals surface area contributed by atoms with Gasteiger partial charge in [0, 0.05) is 29.5 Å². The van der Waals surface area contributed by atoms with E-state index in [4.69, 9.17) is 4.74 Å². The van der Waals surface area contributed by atoms with E-state index in [2.05, 4.69) is 0 Å². The number of hydrogen-bond acceptors (Lipinski definition) is 6. The molecule has 0 saturated heterocycles. The first kappa shape index (κ1) is 22.6. The molecule has 3 aliphatic rings. The van der Waals surface area contributed by atoms with Gasteiger partial charge in [0.25, 0.3) is 0 Å². The predicted molar refractivity (Wildman–Crippen MR) is 119 cm³/mol. The summed E-state index contributed by atoms with van der Waals surface area (Å²) in [6.07, 6.45) is 2.94. The summed E-state index contributed by atoms with van der Waals surface area (Å²) < 4.78 is 6.12. The van der Waals surface area contributed by atoms with Crippen molar-refractivity contribution in [1.82, 2.24) is 0 Å². The van der Waals surface area contributed by atoms with E-state index in [-0.39, 0.29) is 58.4 Å². The largest absolute Gasteiger partial charge is 0.507 e. The average Bonchev–Trinajstić information content (AvgIpc) is 2.63. The maximum absolute atomic E-state index is 13.6. The minimum Gasteiger partial charge on any atom is -0.507 e. The van der Waals surface area contributed by atoms with Gasteiger partial charge in [0.2, 0.25) is 0 Å². The summed E-state index contributed by atoms with van der Waals surface area (Å²) in [5.41, 5.74) is -1.56. The molecular formula is C26H32O6. The lowest BCUT2D eigenvalue weighted by molar-refractivity contribution is -0.145. The maximum Gasteiger partial charge on any atom is 0.175 e. The second-order valence-corrected chi connectivity index (χ2v) is 11.0. The SMILES string of the molecule is CC(C)CC(=O)c1c(O)cc2c(c1O)C(C1CCC1)C1=C(O2)C(C)(C)C(=O)C(C)(C)C1=O. The van der Waals surface area contributed by atoms with Crippen molar-refractivity contribution < 1.29 is 29.3 Å². The van der Waals surface area contributed by atoms with Crippen LogP contribution in [0.2, 0.25) is 0 Å². The van der Waals surface area contributed by atoms with E-state index in [0.717, 1.165) is 19.3 Å². The zero-order chi connectivity index (χ0) is 23.7. The second kappa shape index (κ2) is 7.19. The second-order valence-electron chi connectivity index (χ2n) is 11.0. The first-order valence-corrected chi connectivity index (χ1v) is 11.4. The number of ether oxygens (including phenoxy) is 1. The van der Waals surface area contributed by atoms with Crippen LogP contribution in [-0.2, 0) is 9.59 Å². The van der Waals surface area contributed by atoms with Crippen molar-refractivity contribution >= 4 is 17.3 Å². The van der Waals surface area contributed by atoms with Crippen molar-refractivity contribution in [2.45, 2.75) is 73.1 Å². The lowest BCUT2D eigenvalue weighted by Gasteiger charge is -2.47. The van der Waals surface area contributed by atoms with Gasteiger partial charge in [-0.1, -0.05) is 20.3 Å². The van der Waals surface area contributed by atoms with Gasteiger partial charge in [0.05, 0.1) is 10.8 Å². The van der Waals surface area contributed by atoms with Gasteiger partial charge in [-0.2, -0.15) is 0 Å². The molecule has 1 aromatic carbocycles. The molecule has 1 saturated carbocycles. The Balaban J connectivity index is 1.98. The summed E-state index contributed by atoms with van der Waals surface area (Å²) in [5.74, 6) is -1.34. The van der Waals surface area contributed by atoms with Gasteiger partial charge in [0.15, 0.2) is 17.3 Å². The number of rotatable bonds is 4. The molecule has 172 valence electrons. The number of ketones is 3. The highest BCUT2D eigenvalue weighted by atomic mass is 16.5. The van der Waals surface area contributed by atoms with E-state index in [9.17, 15) is 24.6 Å². The first-order chi connectivity index (χ1) is 14.8. The molecule has 0 radical (unpaired) electrons. The van der Waals surface area contributed by atoms with Crippen molar-refractivity contribution in [2.24, 2.45) is 22.7 Å². The Morgan fingerprint density at radius 3 is 2.28 bits per heavy atom. The Kier molecular flexibility index (Phi) is 5.07. The van der Waals surface area contributed by atoms with Gasteiger partial charge < -0.3 is 14.9 Å². The van der Waals surface area contributed by atoms with Crippen LogP contribution in [0.15, 0.2) is 17.4 Å². The third-order valence-electron chi connectivity index (χ3n) is 7.37. The summed E-state index contributed by atoms with van der Waals surface area (Å²) in [6, 6.07) is 1.35. The number of hydrogen-bond donors (Lipinski definition) is 2. The Bertz CT molecular complexity index is 1070. The maximum atomic E-state index is 13.6. The van der Waals surface area contributed by atoms with Crippen molar-refractivity contribution in [3.63, 3.8) is 0 Å². The van der Waals surface area contributed by atoms with E-state index in [1.165, 1.54) is 6.07 Å². The monoisotopic (exact) mass is 440 g/mol. The van der Waals surface area contributed by atoms with Gasteiger partial charge in [-0.15, -0.1) is 0 Å². The number of carbonyl (C=O) groups is 3. The minimum absolute atomic E-state index is 0.0536. The van der Waals surface area contributed by atoms with Crippen molar-refractivity contribution in [3.8, 4) is 17.2 Å². The fourth-order valence-electron chi connectivity index (χ4n) is 5.51. The third kappa shape index (κ3) is 3.02.